The molecule has 0 saturated heterocycles. The molecule has 4 atom stereocenters. The summed E-state index contributed by atoms with van der Waals surface area (Å²) in [5.41, 5.74) is 4.27. The largest absolute Gasteiger partial charge is 0.271 e. The minimum absolute atomic E-state index is 0.260. The minimum Gasteiger partial charge on any atom is -0.271 e. The fraction of sp³-hybridized carbons (Fsp3) is 0.800. The summed E-state index contributed by atoms with van der Waals surface area (Å²) in [6, 6.07) is 2.35. The van der Waals surface area contributed by atoms with E-state index in [1.165, 1.54) is 50.6 Å². The maximum absolute atomic E-state index is 5.84. The van der Waals surface area contributed by atoms with E-state index < -0.39 is 0 Å². The van der Waals surface area contributed by atoms with Gasteiger partial charge in [0.25, 0.3) is 0 Å². The molecule has 3 N–H and O–H groups in total. The first-order valence-electron chi connectivity index (χ1n) is 7.73. The molecule has 3 rings (SSSR count). The van der Waals surface area contributed by atoms with Crippen LogP contribution in [-0.4, -0.2) is 9.78 Å². The van der Waals surface area contributed by atoms with E-state index >= 15 is 0 Å². The zero-order valence-electron chi connectivity index (χ0n) is 11.9. The first-order valence-corrected chi connectivity index (χ1v) is 7.73. The summed E-state index contributed by atoms with van der Waals surface area (Å²) in [4.78, 5) is 0. The molecule has 0 spiro atoms. The Bertz CT molecular complexity index is 414. The average molecular weight is 262 g/mol. The van der Waals surface area contributed by atoms with E-state index in [1.807, 2.05) is 17.9 Å². The highest BCUT2D eigenvalue weighted by atomic mass is 15.3. The van der Waals surface area contributed by atoms with Crippen molar-refractivity contribution in [1.82, 2.24) is 15.2 Å². The van der Waals surface area contributed by atoms with Gasteiger partial charge in [-0.15, -0.1) is 0 Å². The molecule has 2 aliphatic rings. The van der Waals surface area contributed by atoms with E-state index in [-0.39, 0.29) is 6.04 Å². The van der Waals surface area contributed by atoms with Crippen molar-refractivity contribution in [1.29, 1.82) is 0 Å². The maximum atomic E-state index is 5.84. The lowest BCUT2D eigenvalue weighted by Crippen LogP contribution is -2.39. The lowest BCUT2D eigenvalue weighted by molar-refractivity contribution is 0.107. The average Bonchev–Trinajstić information content (AvgIpc) is 2.86. The first-order chi connectivity index (χ1) is 9.29. The topological polar surface area (TPSA) is 55.9 Å². The molecule has 1 heterocycles. The summed E-state index contributed by atoms with van der Waals surface area (Å²) in [5.74, 6) is 8.44. The van der Waals surface area contributed by atoms with Gasteiger partial charge in [0.1, 0.15) is 0 Å². The molecule has 0 radical (unpaired) electrons. The molecular weight excluding hydrogens is 236 g/mol. The van der Waals surface area contributed by atoms with Crippen molar-refractivity contribution in [3.63, 3.8) is 0 Å². The smallest absolute Gasteiger partial charge is 0.0657 e. The summed E-state index contributed by atoms with van der Waals surface area (Å²) in [6.45, 7) is 0. The Labute approximate surface area is 115 Å². The Morgan fingerprint density at radius 2 is 2.05 bits per heavy atom. The van der Waals surface area contributed by atoms with Crippen LogP contribution in [0.25, 0.3) is 0 Å². The van der Waals surface area contributed by atoms with Crippen molar-refractivity contribution in [2.24, 2.45) is 30.6 Å². The van der Waals surface area contributed by atoms with Crippen LogP contribution in [0.1, 0.15) is 56.7 Å². The zero-order chi connectivity index (χ0) is 13.2. The number of nitrogens with zero attached hydrogens (tertiary/aromatic N) is 2. The Hall–Kier alpha value is -0.870. The molecule has 1 aromatic rings. The van der Waals surface area contributed by atoms with Crippen molar-refractivity contribution in [3.8, 4) is 0 Å². The van der Waals surface area contributed by atoms with E-state index in [0.29, 0.717) is 5.92 Å². The van der Waals surface area contributed by atoms with Gasteiger partial charge >= 0.3 is 0 Å². The fourth-order valence-electron chi connectivity index (χ4n) is 4.36. The molecule has 2 aliphatic carbocycles. The SMILES string of the molecule is Cn1nccc1C(NN)C1CCC2CCCCC2C1. The predicted octanol–water partition coefficient (Wildman–Crippen LogP) is 2.53. The molecule has 0 bridgehead atoms. The molecular formula is C15H26N4. The molecule has 4 nitrogen and oxygen atoms in total. The fourth-order valence-corrected chi connectivity index (χ4v) is 4.36. The number of hydrogen-bond donors (Lipinski definition) is 2. The van der Waals surface area contributed by atoms with Gasteiger partial charge in [0.2, 0.25) is 0 Å². The molecule has 4 unspecified atom stereocenters. The molecule has 0 aromatic carbocycles. The molecule has 0 amide bonds. The molecule has 106 valence electrons. The summed E-state index contributed by atoms with van der Waals surface area (Å²) in [7, 11) is 2.01. The van der Waals surface area contributed by atoms with Crippen molar-refractivity contribution in [2.45, 2.75) is 51.0 Å². The van der Waals surface area contributed by atoms with Gasteiger partial charge in [-0.3, -0.25) is 16.0 Å². The van der Waals surface area contributed by atoms with Crippen LogP contribution in [0.15, 0.2) is 12.3 Å². The van der Waals surface area contributed by atoms with E-state index in [4.69, 9.17) is 5.84 Å². The Kier molecular flexibility index (Phi) is 3.89. The van der Waals surface area contributed by atoms with Crippen molar-refractivity contribution in [3.05, 3.63) is 18.0 Å². The lowest BCUT2D eigenvalue weighted by atomic mass is 9.66. The van der Waals surface area contributed by atoms with Gasteiger partial charge < -0.3 is 0 Å². The number of aryl methyl sites for hydroxylation is 1. The Morgan fingerprint density at radius 3 is 2.74 bits per heavy atom. The summed E-state index contributed by atoms with van der Waals surface area (Å²) >= 11 is 0. The number of fused-ring (bicyclic) bond motifs is 1. The van der Waals surface area contributed by atoms with Crippen LogP contribution in [0.2, 0.25) is 0 Å². The minimum atomic E-state index is 0.260. The maximum Gasteiger partial charge on any atom is 0.0657 e. The van der Waals surface area contributed by atoms with Crippen LogP contribution in [0.5, 0.6) is 0 Å². The second-order valence-electron chi connectivity index (χ2n) is 6.40. The van der Waals surface area contributed by atoms with Crippen molar-refractivity contribution >= 4 is 0 Å². The van der Waals surface area contributed by atoms with Crippen LogP contribution in [0, 0.1) is 17.8 Å². The normalized spacial score (nSPS) is 32.8. The van der Waals surface area contributed by atoms with Crippen LogP contribution >= 0.6 is 0 Å². The molecule has 2 fully saturated rings. The van der Waals surface area contributed by atoms with E-state index in [9.17, 15) is 0 Å². The Balaban J connectivity index is 1.72. The highest BCUT2D eigenvalue weighted by Gasteiger charge is 2.36. The van der Waals surface area contributed by atoms with E-state index in [2.05, 4.69) is 16.6 Å². The van der Waals surface area contributed by atoms with Crippen LogP contribution in [0.3, 0.4) is 0 Å². The standard InChI is InChI=1S/C15H26N4/c1-19-14(8-9-17-19)15(18-16)13-7-6-11-4-2-3-5-12(11)10-13/h8-9,11-13,15,18H,2-7,10,16H2,1H3. The van der Waals surface area contributed by atoms with Gasteiger partial charge in [0, 0.05) is 13.2 Å². The van der Waals surface area contributed by atoms with Gasteiger partial charge in [0.15, 0.2) is 0 Å². The van der Waals surface area contributed by atoms with E-state index in [0.717, 1.165) is 11.8 Å². The number of aromatic nitrogens is 2. The first kappa shape index (κ1) is 13.1. The Morgan fingerprint density at radius 1 is 1.26 bits per heavy atom. The third-order valence-corrected chi connectivity index (χ3v) is 5.41. The highest BCUT2D eigenvalue weighted by molar-refractivity contribution is 5.08. The predicted molar refractivity (Wildman–Crippen MR) is 76.1 cm³/mol. The van der Waals surface area contributed by atoms with Gasteiger partial charge in [-0.2, -0.15) is 5.10 Å². The summed E-state index contributed by atoms with van der Waals surface area (Å²) < 4.78 is 1.96. The zero-order valence-corrected chi connectivity index (χ0v) is 11.9. The summed E-state index contributed by atoms with van der Waals surface area (Å²) in [6.07, 6.45) is 11.7. The number of hydrazine groups is 1. The lowest BCUT2D eigenvalue weighted by Gasteiger charge is -2.41. The van der Waals surface area contributed by atoms with Crippen LogP contribution in [0.4, 0.5) is 0 Å². The number of rotatable bonds is 3. The van der Waals surface area contributed by atoms with Gasteiger partial charge in [-0.25, -0.2) is 0 Å². The second kappa shape index (κ2) is 5.63. The molecule has 4 heteroatoms. The van der Waals surface area contributed by atoms with Gasteiger partial charge in [0.05, 0.1) is 11.7 Å². The van der Waals surface area contributed by atoms with Gasteiger partial charge in [-0.1, -0.05) is 25.7 Å². The third kappa shape index (κ3) is 2.56. The van der Waals surface area contributed by atoms with Crippen molar-refractivity contribution < 1.29 is 0 Å². The van der Waals surface area contributed by atoms with E-state index in [1.54, 1.807) is 0 Å². The quantitative estimate of drug-likeness (QED) is 0.650. The van der Waals surface area contributed by atoms with Crippen molar-refractivity contribution in [2.75, 3.05) is 0 Å². The number of hydrogen-bond acceptors (Lipinski definition) is 3. The molecule has 1 aromatic heterocycles. The molecule has 19 heavy (non-hydrogen) atoms. The number of nitrogens with two attached hydrogens (primary N) is 1. The molecule has 0 aliphatic heterocycles. The monoisotopic (exact) mass is 262 g/mol. The third-order valence-electron chi connectivity index (χ3n) is 5.41. The highest BCUT2D eigenvalue weighted by Crippen LogP contribution is 2.45. The van der Waals surface area contributed by atoms with Crippen LogP contribution in [-0.2, 0) is 7.05 Å². The second-order valence-corrected chi connectivity index (χ2v) is 6.40. The number of nitrogens with one attached hydrogen (secondary N) is 1. The van der Waals surface area contributed by atoms with Crippen LogP contribution < -0.4 is 11.3 Å². The summed E-state index contributed by atoms with van der Waals surface area (Å²) in [5, 5.41) is 4.28. The van der Waals surface area contributed by atoms with Gasteiger partial charge in [-0.05, 0) is 43.1 Å². The molecule has 2 saturated carbocycles.